The van der Waals surface area contributed by atoms with Crippen LogP contribution in [0.15, 0.2) is 82.8 Å². The van der Waals surface area contributed by atoms with Crippen LogP contribution in [0.3, 0.4) is 0 Å². The molecule has 0 spiro atoms. The zero-order valence-electron chi connectivity index (χ0n) is 17.3. The van der Waals surface area contributed by atoms with Crippen LogP contribution in [0.5, 0.6) is 11.5 Å². The first kappa shape index (κ1) is 20.4. The quantitative estimate of drug-likeness (QED) is 0.520. The number of allylic oxidation sites excluding steroid dienone is 1. The fourth-order valence-electron chi connectivity index (χ4n) is 4.09. The smallest absolute Gasteiger partial charge is 0.387 e. The number of hydrogen-bond acceptors (Lipinski definition) is 5. The van der Waals surface area contributed by atoms with Gasteiger partial charge in [-0.3, -0.25) is 4.99 Å². The minimum absolute atomic E-state index is 0.130. The van der Waals surface area contributed by atoms with Crippen molar-refractivity contribution >= 4 is 18.2 Å². The van der Waals surface area contributed by atoms with E-state index in [4.69, 9.17) is 4.74 Å². The average molecular weight is 437 g/mol. The van der Waals surface area contributed by atoms with E-state index in [1.54, 1.807) is 12.1 Å². The van der Waals surface area contributed by atoms with Gasteiger partial charge in [0.25, 0.3) is 0 Å². The van der Waals surface area contributed by atoms with Crippen molar-refractivity contribution < 1.29 is 22.8 Å². The summed E-state index contributed by atoms with van der Waals surface area (Å²) in [5.41, 5.74) is 2.89. The molecule has 1 saturated carbocycles. The molecule has 2 aliphatic heterocycles. The van der Waals surface area contributed by atoms with Gasteiger partial charge in [0.2, 0.25) is 12.0 Å². The Kier molecular flexibility index (Phi) is 5.45. The molecule has 1 atom stereocenters. The Labute approximate surface area is 185 Å². The number of quaternary nitrogens is 1. The number of fused-ring (bicyclic) bond motifs is 1. The van der Waals surface area contributed by atoms with Crippen LogP contribution >= 0.6 is 0 Å². The fourth-order valence-corrected chi connectivity index (χ4v) is 4.09. The van der Waals surface area contributed by atoms with Crippen LogP contribution in [0.2, 0.25) is 0 Å². The van der Waals surface area contributed by atoms with Crippen molar-refractivity contribution in [3.63, 3.8) is 0 Å². The Bertz CT molecular complexity index is 1090. The molecular weight excluding hydrogens is 414 g/mol. The van der Waals surface area contributed by atoms with Gasteiger partial charge < -0.3 is 9.47 Å². The molecule has 0 amide bonds. The molecule has 3 aliphatic rings. The number of alkyl halides is 2. The van der Waals surface area contributed by atoms with Crippen LogP contribution in [0.1, 0.15) is 24.8 Å². The number of rotatable bonds is 8. The third-order valence-electron chi connectivity index (χ3n) is 5.86. The number of ether oxygens (including phenoxy) is 2. The molecule has 0 bridgehead atoms. The lowest BCUT2D eigenvalue weighted by Gasteiger charge is -2.46. The minimum atomic E-state index is -2.83. The van der Waals surface area contributed by atoms with Gasteiger partial charge in [-0.25, -0.2) is 10.0 Å². The van der Waals surface area contributed by atoms with Crippen LogP contribution in [-0.4, -0.2) is 29.8 Å². The lowest BCUT2D eigenvalue weighted by molar-refractivity contribution is -0.746. The molecule has 1 fully saturated rings. The molecule has 1 aliphatic carbocycles. The van der Waals surface area contributed by atoms with Crippen LogP contribution in [-0.2, 0) is 6.61 Å². The molecule has 6 nitrogen and oxygen atoms in total. The normalized spacial score (nSPS) is 21.3. The van der Waals surface area contributed by atoms with Gasteiger partial charge in [-0.2, -0.15) is 8.78 Å². The zero-order valence-corrected chi connectivity index (χ0v) is 17.3. The Morgan fingerprint density at radius 3 is 2.66 bits per heavy atom. The van der Waals surface area contributed by atoms with Crippen molar-refractivity contribution in [2.75, 3.05) is 5.01 Å². The van der Waals surface area contributed by atoms with E-state index < -0.39 is 6.61 Å². The first-order chi connectivity index (χ1) is 15.6. The van der Waals surface area contributed by atoms with Crippen LogP contribution < -0.4 is 14.5 Å². The highest BCUT2D eigenvalue weighted by Gasteiger charge is 2.46. The Morgan fingerprint density at radius 2 is 1.91 bits per heavy atom. The maximum atomic E-state index is 12.3. The molecule has 5 rings (SSSR count). The minimum Gasteiger partial charge on any atom is -0.489 e. The van der Waals surface area contributed by atoms with Gasteiger partial charge in [0, 0.05) is 6.07 Å². The number of halogens is 2. The van der Waals surface area contributed by atoms with Gasteiger partial charge >= 0.3 is 6.61 Å². The highest BCUT2D eigenvalue weighted by atomic mass is 19.3. The second-order valence-corrected chi connectivity index (χ2v) is 7.87. The van der Waals surface area contributed by atoms with Crippen molar-refractivity contribution in [2.45, 2.75) is 38.5 Å². The third-order valence-corrected chi connectivity index (χ3v) is 5.86. The third kappa shape index (κ3) is 3.89. The first-order valence-corrected chi connectivity index (χ1v) is 10.5. The maximum absolute atomic E-state index is 12.3. The number of aliphatic imine (C=N–C) groups is 2. The summed E-state index contributed by atoms with van der Waals surface area (Å²) in [6, 6.07) is 14.9. The summed E-state index contributed by atoms with van der Waals surface area (Å²) < 4.78 is 35.4. The van der Waals surface area contributed by atoms with E-state index in [2.05, 4.69) is 25.8 Å². The molecule has 0 aromatic heterocycles. The lowest BCUT2D eigenvalue weighted by Crippen LogP contribution is -2.61. The van der Waals surface area contributed by atoms with E-state index in [1.807, 2.05) is 49.4 Å². The largest absolute Gasteiger partial charge is 0.489 e. The summed E-state index contributed by atoms with van der Waals surface area (Å²) in [6.45, 7) is -2.51. The van der Waals surface area contributed by atoms with Gasteiger partial charge in [0.1, 0.15) is 18.1 Å². The summed E-state index contributed by atoms with van der Waals surface area (Å²) in [5, 5.41) is 2.36. The molecule has 2 aromatic rings. The lowest BCUT2D eigenvalue weighted by atomic mass is 9.91. The summed E-state index contributed by atoms with van der Waals surface area (Å²) in [4.78, 5) is 8.70. The van der Waals surface area contributed by atoms with Crippen molar-refractivity contribution in [3.8, 4) is 11.5 Å². The van der Waals surface area contributed by atoms with Gasteiger partial charge in [0.15, 0.2) is 6.20 Å². The Hall–Kier alpha value is -3.52. The van der Waals surface area contributed by atoms with E-state index >= 15 is 0 Å². The predicted molar refractivity (Wildman–Crippen MR) is 118 cm³/mol. The van der Waals surface area contributed by atoms with E-state index in [0.29, 0.717) is 17.2 Å². The number of anilines is 1. The molecular formula is C24H23F2N4O2+. The number of hydrogen-bond donors (Lipinski definition) is 0. The Morgan fingerprint density at radius 1 is 1.06 bits per heavy atom. The van der Waals surface area contributed by atoms with Crippen LogP contribution in [0, 0.1) is 0 Å². The predicted octanol–water partition coefficient (Wildman–Crippen LogP) is 5.40. The van der Waals surface area contributed by atoms with Crippen molar-refractivity contribution in [1.29, 1.82) is 0 Å². The van der Waals surface area contributed by atoms with Gasteiger partial charge in [-0.15, -0.1) is 4.59 Å². The number of nitrogens with zero attached hydrogens (tertiary/aromatic N) is 4. The highest BCUT2D eigenvalue weighted by molar-refractivity contribution is 5.82. The van der Waals surface area contributed by atoms with E-state index in [9.17, 15) is 8.78 Å². The number of benzene rings is 2. The SMILES string of the molecule is FC(F)Oc1ccc(COc2cccc(N(C3CCC3)[N+]34C=CN=CC3=CN=C4)c2)cc1. The molecule has 8 heteroatoms. The zero-order chi connectivity index (χ0) is 22.0. The molecule has 0 saturated heterocycles. The van der Waals surface area contributed by atoms with Crippen molar-refractivity contribution in [2.24, 2.45) is 9.98 Å². The first-order valence-electron chi connectivity index (χ1n) is 10.5. The summed E-state index contributed by atoms with van der Waals surface area (Å²) in [7, 11) is 0. The van der Waals surface area contributed by atoms with Crippen LogP contribution in [0.4, 0.5) is 14.5 Å². The fraction of sp³-hybridized carbons (Fsp3) is 0.250. The second kappa shape index (κ2) is 8.55. The maximum Gasteiger partial charge on any atom is 0.387 e. The van der Waals surface area contributed by atoms with Crippen molar-refractivity contribution in [1.82, 2.24) is 0 Å². The average Bonchev–Trinajstić information content (AvgIpc) is 3.20. The summed E-state index contributed by atoms with van der Waals surface area (Å²) in [6.07, 6.45) is 12.9. The molecule has 32 heavy (non-hydrogen) atoms. The van der Waals surface area contributed by atoms with Gasteiger partial charge in [0.05, 0.1) is 30.3 Å². The standard InChI is InChI=1S/C24H23F2N4O2/c25-24(26)32-22-9-7-18(8-10-22)16-31-23-6-2-5-20(13-23)29(19-3-1-4-19)30-12-11-27-14-21(30)15-28-17-30/h2,5-15,17,19,24H,1,3-4,16H2/q+1. The topological polar surface area (TPSA) is 46.4 Å². The molecule has 164 valence electrons. The monoisotopic (exact) mass is 437 g/mol. The van der Waals surface area contributed by atoms with Crippen molar-refractivity contribution in [3.05, 3.63) is 78.4 Å². The van der Waals surface area contributed by atoms with Crippen LogP contribution in [0.25, 0.3) is 0 Å². The van der Waals surface area contributed by atoms with E-state index in [-0.39, 0.29) is 5.75 Å². The second-order valence-electron chi connectivity index (χ2n) is 7.87. The molecule has 2 heterocycles. The summed E-state index contributed by atoms with van der Waals surface area (Å²) in [5.74, 6) is 0.860. The molecule has 1 unspecified atom stereocenters. The van der Waals surface area contributed by atoms with E-state index in [0.717, 1.165) is 35.5 Å². The summed E-state index contributed by atoms with van der Waals surface area (Å²) >= 11 is 0. The highest BCUT2D eigenvalue weighted by Crippen LogP contribution is 2.40. The van der Waals surface area contributed by atoms with Gasteiger partial charge in [-0.1, -0.05) is 18.2 Å². The molecule has 0 N–H and O–H groups in total. The Balaban J connectivity index is 1.35. The van der Waals surface area contributed by atoms with Gasteiger partial charge in [-0.05, 0) is 49.1 Å². The molecule has 2 aromatic carbocycles. The molecule has 0 radical (unpaired) electrons. The van der Waals surface area contributed by atoms with E-state index in [1.165, 1.54) is 18.6 Å².